The number of nitrogens with one attached hydrogen (secondary N) is 1. The smallest absolute Gasteiger partial charge is 0.462 e. The van der Waals surface area contributed by atoms with Crippen LogP contribution >= 0.6 is 0 Å². The van der Waals surface area contributed by atoms with Crippen LogP contribution in [0, 0.1) is 0 Å². The van der Waals surface area contributed by atoms with Gasteiger partial charge in [-0.05, 0) is 55.9 Å². The molecule has 2 aromatic rings. The van der Waals surface area contributed by atoms with Crippen molar-refractivity contribution in [2.75, 3.05) is 11.9 Å². The molecule has 1 N–H and O–H groups in total. The Balaban J connectivity index is 1.90. The van der Waals surface area contributed by atoms with E-state index in [1.54, 1.807) is 13.0 Å². The first-order valence-corrected chi connectivity index (χ1v) is 8.68. The maximum Gasteiger partial charge on any atom is 0.573 e. The van der Waals surface area contributed by atoms with E-state index in [1.165, 1.54) is 24.4 Å². The Morgan fingerprint density at radius 2 is 1.96 bits per heavy atom. The maximum absolute atomic E-state index is 12.4. The number of anilines is 2. The number of nitrogens with zero attached hydrogens (tertiary/aromatic N) is 1. The van der Waals surface area contributed by atoms with Crippen molar-refractivity contribution in [2.24, 2.45) is 0 Å². The molecule has 1 aliphatic carbocycles. The van der Waals surface area contributed by atoms with E-state index in [0.29, 0.717) is 17.1 Å². The molecular formula is C19H19F3N2O3. The first kappa shape index (κ1) is 19.0. The summed E-state index contributed by atoms with van der Waals surface area (Å²) in [6, 6.07) is 5.57. The Morgan fingerprint density at radius 3 is 2.67 bits per heavy atom. The second-order valence-electron chi connectivity index (χ2n) is 6.11. The van der Waals surface area contributed by atoms with E-state index in [4.69, 9.17) is 4.74 Å². The van der Waals surface area contributed by atoms with Crippen LogP contribution in [0.25, 0.3) is 0 Å². The minimum atomic E-state index is -4.75. The number of fused-ring (bicyclic) bond motifs is 1. The molecule has 0 unspecified atom stereocenters. The zero-order valence-electron chi connectivity index (χ0n) is 14.7. The third kappa shape index (κ3) is 4.69. The minimum absolute atomic E-state index is 0.277. The predicted molar refractivity (Wildman–Crippen MR) is 93.2 cm³/mol. The van der Waals surface area contributed by atoms with Crippen molar-refractivity contribution >= 4 is 17.5 Å². The molecule has 0 atom stereocenters. The Hall–Kier alpha value is -2.77. The van der Waals surface area contributed by atoms with Crippen molar-refractivity contribution < 1.29 is 27.4 Å². The van der Waals surface area contributed by atoms with Crippen molar-refractivity contribution in [3.63, 3.8) is 0 Å². The summed E-state index contributed by atoms with van der Waals surface area (Å²) in [6.45, 7) is 2.02. The lowest BCUT2D eigenvalue weighted by molar-refractivity contribution is -0.274. The summed E-state index contributed by atoms with van der Waals surface area (Å²) in [5.41, 5.74) is 2.65. The van der Waals surface area contributed by atoms with Crippen LogP contribution in [0.1, 0.15) is 41.3 Å². The van der Waals surface area contributed by atoms with Crippen LogP contribution < -0.4 is 10.1 Å². The van der Waals surface area contributed by atoms with Crippen molar-refractivity contribution in [1.29, 1.82) is 0 Å². The van der Waals surface area contributed by atoms with Crippen LogP contribution in [0.3, 0.4) is 0 Å². The molecule has 8 heteroatoms. The van der Waals surface area contributed by atoms with Crippen LogP contribution in [-0.4, -0.2) is 23.9 Å². The highest BCUT2D eigenvalue weighted by Gasteiger charge is 2.31. The minimum Gasteiger partial charge on any atom is -0.462 e. The third-order valence-electron chi connectivity index (χ3n) is 4.23. The summed E-state index contributed by atoms with van der Waals surface area (Å²) in [4.78, 5) is 16.5. The lowest BCUT2D eigenvalue weighted by atomic mass is 9.89. The number of pyridine rings is 1. The predicted octanol–water partition coefficient (Wildman–Crippen LogP) is 4.78. The van der Waals surface area contributed by atoms with E-state index in [0.717, 1.165) is 36.8 Å². The monoisotopic (exact) mass is 380 g/mol. The molecule has 0 saturated carbocycles. The van der Waals surface area contributed by atoms with E-state index in [9.17, 15) is 18.0 Å². The zero-order chi connectivity index (χ0) is 19.4. The fourth-order valence-electron chi connectivity index (χ4n) is 3.15. The Bertz CT molecular complexity index is 837. The van der Waals surface area contributed by atoms with Crippen LogP contribution in [-0.2, 0) is 17.6 Å². The van der Waals surface area contributed by atoms with Crippen LogP contribution in [0.15, 0.2) is 30.5 Å². The summed E-state index contributed by atoms with van der Waals surface area (Å²) in [7, 11) is 0. The SMILES string of the molecule is CCOC(=O)c1cnc(Nc2cccc(OC(F)(F)F)c2)c2c1CCCC2. The number of halogens is 3. The molecule has 0 fully saturated rings. The highest BCUT2D eigenvalue weighted by atomic mass is 19.4. The number of ether oxygens (including phenoxy) is 2. The van der Waals surface area contributed by atoms with E-state index in [1.807, 2.05) is 0 Å². The summed E-state index contributed by atoms with van der Waals surface area (Å²) < 4.78 is 46.3. The zero-order valence-corrected chi connectivity index (χ0v) is 14.7. The average molecular weight is 380 g/mol. The van der Waals surface area contributed by atoms with Gasteiger partial charge in [0.1, 0.15) is 11.6 Å². The van der Waals surface area contributed by atoms with Crippen LogP contribution in [0.5, 0.6) is 5.75 Å². The van der Waals surface area contributed by atoms with Crippen molar-refractivity contribution in [3.05, 3.63) is 47.2 Å². The topological polar surface area (TPSA) is 60.5 Å². The second kappa shape index (κ2) is 7.85. The molecule has 1 aromatic heterocycles. The van der Waals surface area contributed by atoms with Crippen LogP contribution in [0.2, 0.25) is 0 Å². The van der Waals surface area contributed by atoms with Gasteiger partial charge < -0.3 is 14.8 Å². The molecule has 1 aromatic carbocycles. The first-order valence-electron chi connectivity index (χ1n) is 8.68. The van der Waals surface area contributed by atoms with Gasteiger partial charge in [-0.25, -0.2) is 9.78 Å². The normalized spacial score (nSPS) is 13.6. The average Bonchev–Trinajstić information content (AvgIpc) is 2.61. The summed E-state index contributed by atoms with van der Waals surface area (Å²) in [5, 5.41) is 3.05. The maximum atomic E-state index is 12.4. The number of aromatic nitrogens is 1. The van der Waals surface area contributed by atoms with Crippen LogP contribution in [0.4, 0.5) is 24.7 Å². The standard InChI is InChI=1S/C19H19F3N2O3/c1-2-26-18(25)16-11-23-17(15-9-4-3-8-14(15)16)24-12-6-5-7-13(10-12)27-19(20,21)22/h5-7,10-11H,2-4,8-9H2,1H3,(H,23,24). The molecule has 1 aliphatic rings. The Morgan fingerprint density at radius 1 is 1.22 bits per heavy atom. The number of carbonyl (C=O) groups is 1. The summed E-state index contributed by atoms with van der Waals surface area (Å²) in [5.74, 6) is -0.193. The molecule has 0 saturated heterocycles. The van der Waals surface area contributed by atoms with Gasteiger partial charge in [0.25, 0.3) is 0 Å². The van der Waals surface area contributed by atoms with Gasteiger partial charge in [-0.3, -0.25) is 0 Å². The van der Waals surface area contributed by atoms with Gasteiger partial charge in [-0.1, -0.05) is 6.07 Å². The number of carbonyl (C=O) groups excluding carboxylic acids is 1. The lowest BCUT2D eigenvalue weighted by Crippen LogP contribution is -2.17. The second-order valence-corrected chi connectivity index (χ2v) is 6.11. The highest BCUT2D eigenvalue weighted by Crippen LogP contribution is 2.32. The van der Waals surface area contributed by atoms with Crippen molar-refractivity contribution in [3.8, 4) is 5.75 Å². The number of alkyl halides is 3. The van der Waals surface area contributed by atoms with Gasteiger partial charge in [0, 0.05) is 18.0 Å². The third-order valence-corrected chi connectivity index (χ3v) is 4.23. The molecular weight excluding hydrogens is 361 g/mol. The quantitative estimate of drug-likeness (QED) is 0.757. The number of hydrogen-bond acceptors (Lipinski definition) is 5. The molecule has 3 rings (SSSR count). The fourth-order valence-corrected chi connectivity index (χ4v) is 3.15. The van der Waals surface area contributed by atoms with E-state index in [2.05, 4.69) is 15.0 Å². The molecule has 0 radical (unpaired) electrons. The number of rotatable bonds is 5. The molecule has 1 heterocycles. The lowest BCUT2D eigenvalue weighted by Gasteiger charge is -2.22. The highest BCUT2D eigenvalue weighted by molar-refractivity contribution is 5.92. The molecule has 5 nitrogen and oxygen atoms in total. The first-order chi connectivity index (χ1) is 12.9. The van der Waals surface area contributed by atoms with E-state index >= 15 is 0 Å². The number of benzene rings is 1. The summed E-state index contributed by atoms with van der Waals surface area (Å²) >= 11 is 0. The fraction of sp³-hybridized carbons (Fsp3) is 0.368. The largest absolute Gasteiger partial charge is 0.573 e. The van der Waals surface area contributed by atoms with Gasteiger partial charge in [0.2, 0.25) is 0 Å². The van der Waals surface area contributed by atoms with Crippen molar-refractivity contribution in [1.82, 2.24) is 4.98 Å². The van der Waals surface area contributed by atoms with Gasteiger partial charge in [0.15, 0.2) is 0 Å². The van der Waals surface area contributed by atoms with Crippen molar-refractivity contribution in [2.45, 2.75) is 39.0 Å². The number of hydrogen-bond donors (Lipinski definition) is 1. The van der Waals surface area contributed by atoms with Gasteiger partial charge >= 0.3 is 12.3 Å². The van der Waals surface area contributed by atoms with Gasteiger partial charge in [-0.15, -0.1) is 13.2 Å². The van der Waals surface area contributed by atoms with E-state index in [-0.39, 0.29) is 12.4 Å². The molecule has 0 amide bonds. The molecule has 144 valence electrons. The van der Waals surface area contributed by atoms with E-state index < -0.39 is 12.3 Å². The molecule has 0 bridgehead atoms. The Kier molecular flexibility index (Phi) is 5.53. The molecule has 0 spiro atoms. The summed E-state index contributed by atoms with van der Waals surface area (Å²) in [6.07, 6.45) is 0.0804. The Labute approximate surface area is 154 Å². The van der Waals surface area contributed by atoms with Gasteiger partial charge in [-0.2, -0.15) is 0 Å². The molecule has 27 heavy (non-hydrogen) atoms. The molecule has 0 aliphatic heterocycles. The number of esters is 1. The van der Waals surface area contributed by atoms with Gasteiger partial charge in [0.05, 0.1) is 12.2 Å².